The Kier molecular flexibility index (Phi) is 8.42. The summed E-state index contributed by atoms with van der Waals surface area (Å²) in [6.07, 6.45) is 0.709. The molecule has 2 amide bonds. The Morgan fingerprint density at radius 2 is 2.00 bits per heavy atom. The van der Waals surface area contributed by atoms with Gasteiger partial charge in [-0.15, -0.1) is 0 Å². The van der Waals surface area contributed by atoms with Gasteiger partial charge in [0.1, 0.15) is 12.1 Å². The number of nitrogens with one attached hydrogen (secondary N) is 3. The zero-order valence-electron chi connectivity index (χ0n) is 19.1. The summed E-state index contributed by atoms with van der Waals surface area (Å²) in [5.74, 6) is 0.243. The van der Waals surface area contributed by atoms with Gasteiger partial charge in [-0.25, -0.2) is 10.4 Å². The minimum atomic E-state index is -0.390. The molecule has 2 fully saturated rings. The van der Waals surface area contributed by atoms with Crippen molar-refractivity contribution in [2.24, 2.45) is 11.3 Å². The zero-order valence-corrected chi connectivity index (χ0v) is 19.1. The van der Waals surface area contributed by atoms with Crippen LogP contribution in [0, 0.1) is 11.3 Å². The van der Waals surface area contributed by atoms with Gasteiger partial charge in [0.2, 0.25) is 11.8 Å². The molecule has 9 nitrogen and oxygen atoms in total. The molecule has 0 aromatic heterocycles. The number of carbonyl (C=O) groups excluding carboxylic acids is 2. The fourth-order valence-electron chi connectivity index (χ4n) is 4.32. The van der Waals surface area contributed by atoms with Crippen molar-refractivity contribution in [1.82, 2.24) is 31.1 Å². The van der Waals surface area contributed by atoms with Crippen LogP contribution in [-0.4, -0.2) is 98.7 Å². The number of hydrogen-bond donors (Lipinski definition) is 3. The number of ether oxygens (including phenoxy) is 1. The number of rotatable bonds is 8. The number of likely N-dealkylation sites (tertiary alicyclic amines) is 1. The molecule has 2 unspecified atom stereocenters. The van der Waals surface area contributed by atoms with Crippen molar-refractivity contribution in [3.05, 3.63) is 0 Å². The van der Waals surface area contributed by atoms with Crippen molar-refractivity contribution < 1.29 is 14.3 Å². The highest BCUT2D eigenvalue weighted by atomic mass is 16.5. The molecule has 0 bridgehead atoms. The first-order valence-corrected chi connectivity index (χ1v) is 10.6. The van der Waals surface area contributed by atoms with Gasteiger partial charge in [-0.2, -0.15) is 5.53 Å². The predicted molar refractivity (Wildman–Crippen MR) is 113 cm³/mol. The molecule has 2 heterocycles. The maximum absolute atomic E-state index is 13.6. The number of amides is 2. The van der Waals surface area contributed by atoms with Gasteiger partial charge >= 0.3 is 0 Å². The SMILES string of the molecule is CNC(=O)[C@@H]1CC(C)CN1C(=O)[C@@H](N1CC(CN(C)CCOC)NN1)C(C)(C)C. The van der Waals surface area contributed by atoms with Crippen LogP contribution >= 0.6 is 0 Å². The van der Waals surface area contributed by atoms with Gasteiger partial charge < -0.3 is 19.9 Å². The molecule has 2 aliphatic rings. The molecule has 0 saturated carbocycles. The lowest BCUT2D eigenvalue weighted by atomic mass is 9.85. The van der Waals surface area contributed by atoms with Crippen molar-refractivity contribution in [2.45, 2.75) is 52.2 Å². The summed E-state index contributed by atoms with van der Waals surface area (Å²) in [4.78, 5) is 30.0. The van der Waals surface area contributed by atoms with Crippen LogP contribution in [0.5, 0.6) is 0 Å². The third-order valence-electron chi connectivity index (χ3n) is 5.75. The van der Waals surface area contributed by atoms with E-state index in [0.717, 1.165) is 13.1 Å². The van der Waals surface area contributed by atoms with Crippen molar-refractivity contribution in [2.75, 3.05) is 54.0 Å². The van der Waals surface area contributed by atoms with Gasteiger partial charge in [-0.1, -0.05) is 27.7 Å². The van der Waals surface area contributed by atoms with Crippen molar-refractivity contribution in [3.8, 4) is 0 Å². The van der Waals surface area contributed by atoms with E-state index >= 15 is 0 Å². The third-order valence-corrected chi connectivity index (χ3v) is 5.75. The van der Waals surface area contributed by atoms with Crippen LogP contribution in [0.25, 0.3) is 0 Å². The Morgan fingerprint density at radius 3 is 2.59 bits per heavy atom. The zero-order chi connectivity index (χ0) is 21.8. The van der Waals surface area contributed by atoms with Crippen LogP contribution in [0.3, 0.4) is 0 Å². The number of hydrazine groups is 2. The van der Waals surface area contributed by atoms with Gasteiger partial charge in [-0.3, -0.25) is 9.59 Å². The average Bonchev–Trinajstić information content (AvgIpc) is 3.24. The van der Waals surface area contributed by atoms with E-state index in [1.807, 2.05) is 5.01 Å². The summed E-state index contributed by atoms with van der Waals surface area (Å²) in [5.41, 5.74) is 6.25. The van der Waals surface area contributed by atoms with Crippen molar-refractivity contribution in [1.29, 1.82) is 0 Å². The Labute approximate surface area is 175 Å². The molecule has 9 heteroatoms. The second-order valence-corrected chi connectivity index (χ2v) is 9.59. The molecule has 0 radical (unpaired) electrons. The number of likely N-dealkylation sites (N-methyl/N-ethyl adjacent to an activating group) is 2. The molecular weight excluding hydrogens is 372 g/mol. The molecule has 0 aliphatic carbocycles. The third kappa shape index (κ3) is 6.11. The molecule has 2 saturated heterocycles. The van der Waals surface area contributed by atoms with E-state index < -0.39 is 0 Å². The second kappa shape index (κ2) is 10.2. The van der Waals surface area contributed by atoms with E-state index in [1.54, 1.807) is 19.1 Å². The number of carbonyl (C=O) groups is 2. The lowest BCUT2D eigenvalue weighted by Gasteiger charge is -2.39. The summed E-state index contributed by atoms with van der Waals surface area (Å²) < 4.78 is 5.15. The Balaban J connectivity index is 2.10. The molecular formula is C20H40N6O3. The topological polar surface area (TPSA) is 89.2 Å². The highest BCUT2D eigenvalue weighted by Gasteiger charge is 2.46. The van der Waals surface area contributed by atoms with Crippen LogP contribution in [0.2, 0.25) is 0 Å². The lowest BCUT2D eigenvalue weighted by Crippen LogP contribution is -2.60. The standard InChI is InChI=1S/C20H40N6O3/c1-14-10-16(18(27)21-5)25(11-14)19(28)17(20(2,3)4)26-13-15(22-23-26)12-24(6)8-9-29-7/h14-17,22-23H,8-13H2,1-7H3,(H,21,27)/t14?,15?,16-,17+/m0/s1. The maximum atomic E-state index is 13.6. The molecule has 2 rings (SSSR count). The Hall–Kier alpha value is -1.26. The molecule has 29 heavy (non-hydrogen) atoms. The quantitative estimate of drug-likeness (QED) is 0.502. The monoisotopic (exact) mass is 412 g/mol. The number of methoxy groups -OCH3 is 1. The second-order valence-electron chi connectivity index (χ2n) is 9.59. The van der Waals surface area contributed by atoms with E-state index in [2.05, 4.69) is 55.9 Å². The van der Waals surface area contributed by atoms with Crippen LogP contribution in [-0.2, 0) is 14.3 Å². The maximum Gasteiger partial charge on any atom is 0.242 e. The van der Waals surface area contributed by atoms with Gasteiger partial charge in [-0.05, 0) is 24.8 Å². The predicted octanol–water partition coefficient (Wildman–Crippen LogP) is -0.344. The first-order valence-electron chi connectivity index (χ1n) is 10.6. The molecule has 2 aliphatic heterocycles. The summed E-state index contributed by atoms with van der Waals surface area (Å²) in [5, 5.41) is 4.72. The van der Waals surface area contributed by atoms with E-state index in [1.165, 1.54) is 0 Å². The summed E-state index contributed by atoms with van der Waals surface area (Å²) in [6, 6.07) is -0.567. The van der Waals surface area contributed by atoms with Gasteiger partial charge in [0.15, 0.2) is 0 Å². The van der Waals surface area contributed by atoms with E-state index in [-0.39, 0.29) is 35.4 Å². The lowest BCUT2D eigenvalue weighted by molar-refractivity contribution is -0.147. The fraction of sp³-hybridized carbons (Fsp3) is 0.900. The Morgan fingerprint density at radius 1 is 1.31 bits per heavy atom. The molecule has 0 aromatic carbocycles. The summed E-state index contributed by atoms with van der Waals surface area (Å²) in [6.45, 7) is 12.0. The summed E-state index contributed by atoms with van der Waals surface area (Å²) >= 11 is 0. The average molecular weight is 413 g/mol. The van der Waals surface area contributed by atoms with Crippen LogP contribution in [0.15, 0.2) is 0 Å². The van der Waals surface area contributed by atoms with Crippen molar-refractivity contribution >= 4 is 11.8 Å². The fourth-order valence-corrected chi connectivity index (χ4v) is 4.32. The smallest absolute Gasteiger partial charge is 0.242 e. The highest BCUT2D eigenvalue weighted by Crippen LogP contribution is 2.31. The van der Waals surface area contributed by atoms with Crippen LogP contribution < -0.4 is 16.3 Å². The Bertz CT molecular complexity index is 567. The van der Waals surface area contributed by atoms with Gasteiger partial charge in [0, 0.05) is 46.4 Å². The normalized spacial score (nSPS) is 26.9. The number of nitrogens with zero attached hydrogens (tertiary/aromatic N) is 3. The first kappa shape index (κ1) is 24.0. The molecule has 4 atom stereocenters. The summed E-state index contributed by atoms with van der Waals surface area (Å²) in [7, 11) is 5.40. The van der Waals surface area contributed by atoms with Gasteiger partial charge in [0.25, 0.3) is 0 Å². The van der Waals surface area contributed by atoms with E-state index in [9.17, 15) is 9.59 Å². The minimum absolute atomic E-state index is 0.0122. The highest BCUT2D eigenvalue weighted by molar-refractivity contribution is 5.90. The number of hydrogen-bond acceptors (Lipinski definition) is 7. The molecule has 3 N–H and O–H groups in total. The van der Waals surface area contributed by atoms with Crippen LogP contribution in [0.1, 0.15) is 34.1 Å². The first-order chi connectivity index (χ1) is 13.6. The minimum Gasteiger partial charge on any atom is -0.383 e. The molecule has 0 spiro atoms. The molecule has 168 valence electrons. The largest absolute Gasteiger partial charge is 0.383 e. The molecule has 0 aromatic rings. The van der Waals surface area contributed by atoms with E-state index in [4.69, 9.17) is 4.74 Å². The van der Waals surface area contributed by atoms with Crippen molar-refractivity contribution in [3.63, 3.8) is 0 Å². The van der Waals surface area contributed by atoms with Crippen LogP contribution in [0.4, 0.5) is 0 Å². The van der Waals surface area contributed by atoms with Gasteiger partial charge in [0.05, 0.1) is 6.61 Å². The van der Waals surface area contributed by atoms with E-state index in [0.29, 0.717) is 32.0 Å².